The quantitative estimate of drug-likeness (QED) is 0.807. The summed E-state index contributed by atoms with van der Waals surface area (Å²) in [4.78, 5) is 15.0. The van der Waals surface area contributed by atoms with Gasteiger partial charge in [0.1, 0.15) is 11.4 Å². The Hall–Kier alpha value is -1.82. The van der Waals surface area contributed by atoms with Crippen LogP contribution in [-0.4, -0.2) is 24.5 Å². The number of benzene rings is 2. The summed E-state index contributed by atoms with van der Waals surface area (Å²) in [5.74, 6) is -0.361. The van der Waals surface area contributed by atoms with Gasteiger partial charge in [-0.05, 0) is 56.3 Å². The van der Waals surface area contributed by atoms with Gasteiger partial charge in [0.15, 0.2) is 0 Å². The molecule has 0 bridgehead atoms. The van der Waals surface area contributed by atoms with E-state index >= 15 is 0 Å². The fourth-order valence-electron chi connectivity index (χ4n) is 3.68. The lowest BCUT2D eigenvalue weighted by atomic mass is 9.84. The lowest BCUT2D eigenvalue weighted by Gasteiger charge is -2.46. The first-order valence-electron chi connectivity index (χ1n) is 8.43. The minimum absolute atomic E-state index is 0. The lowest BCUT2D eigenvalue weighted by molar-refractivity contribution is -0.124. The minimum Gasteiger partial charge on any atom is -0.369 e. The standard InChI is InChI=1S/C19H19ClFN3O.ClH/c20-14-5-6-15(21)13(11-14)12-24-17-4-2-1-3-16(17)23-19(18(24)25)7-9-22-10-8-19;/h1-6,11,22-23H,7-10,12H2;1H. The number of nitrogens with zero attached hydrogens (tertiary/aromatic N) is 1. The Labute approximate surface area is 163 Å². The number of amides is 1. The maximum Gasteiger partial charge on any atom is 0.253 e. The van der Waals surface area contributed by atoms with Crippen LogP contribution in [0.15, 0.2) is 42.5 Å². The van der Waals surface area contributed by atoms with Crippen molar-refractivity contribution in [3.8, 4) is 0 Å². The van der Waals surface area contributed by atoms with Gasteiger partial charge in [0.05, 0.1) is 17.9 Å². The number of carbonyl (C=O) groups is 1. The molecule has 4 rings (SSSR count). The number of nitrogens with one attached hydrogen (secondary N) is 2. The van der Waals surface area contributed by atoms with Crippen molar-refractivity contribution in [1.82, 2.24) is 5.32 Å². The largest absolute Gasteiger partial charge is 0.369 e. The van der Waals surface area contributed by atoms with Crippen molar-refractivity contribution in [2.45, 2.75) is 24.9 Å². The maximum absolute atomic E-state index is 14.2. The molecule has 0 atom stereocenters. The maximum atomic E-state index is 14.2. The van der Waals surface area contributed by atoms with Crippen LogP contribution in [-0.2, 0) is 11.3 Å². The van der Waals surface area contributed by atoms with Crippen LogP contribution in [0, 0.1) is 5.82 Å². The first-order chi connectivity index (χ1) is 12.1. The predicted octanol–water partition coefficient (Wildman–Crippen LogP) is 3.98. The number of halogens is 3. The van der Waals surface area contributed by atoms with Crippen LogP contribution in [0.4, 0.5) is 15.8 Å². The number of carbonyl (C=O) groups excluding carboxylic acids is 1. The number of hydrogen-bond acceptors (Lipinski definition) is 3. The van der Waals surface area contributed by atoms with Crippen molar-refractivity contribution in [2.24, 2.45) is 0 Å². The summed E-state index contributed by atoms with van der Waals surface area (Å²) in [5.41, 5.74) is 1.47. The van der Waals surface area contributed by atoms with Gasteiger partial charge < -0.3 is 15.5 Å². The fraction of sp³-hybridized carbons (Fsp3) is 0.316. The van der Waals surface area contributed by atoms with Gasteiger partial charge >= 0.3 is 0 Å². The molecule has 2 aromatic carbocycles. The minimum atomic E-state index is -0.630. The topological polar surface area (TPSA) is 44.4 Å². The zero-order valence-corrected chi connectivity index (χ0v) is 15.7. The van der Waals surface area contributed by atoms with Crippen molar-refractivity contribution >= 4 is 41.3 Å². The molecule has 1 saturated heterocycles. The van der Waals surface area contributed by atoms with Crippen molar-refractivity contribution in [3.05, 3.63) is 58.9 Å². The molecule has 2 aromatic rings. The number of rotatable bonds is 2. The molecule has 0 unspecified atom stereocenters. The molecule has 1 fully saturated rings. The van der Waals surface area contributed by atoms with E-state index in [2.05, 4.69) is 10.6 Å². The van der Waals surface area contributed by atoms with E-state index in [-0.39, 0.29) is 30.7 Å². The molecule has 2 N–H and O–H groups in total. The third kappa shape index (κ3) is 3.27. The van der Waals surface area contributed by atoms with Gasteiger partial charge in [-0.25, -0.2) is 4.39 Å². The van der Waals surface area contributed by atoms with Crippen molar-refractivity contribution in [3.63, 3.8) is 0 Å². The van der Waals surface area contributed by atoms with E-state index in [1.807, 2.05) is 24.3 Å². The molecule has 2 heterocycles. The van der Waals surface area contributed by atoms with E-state index in [1.165, 1.54) is 12.1 Å². The first-order valence-corrected chi connectivity index (χ1v) is 8.81. The van der Waals surface area contributed by atoms with Crippen LogP contribution < -0.4 is 15.5 Å². The van der Waals surface area contributed by atoms with Crippen molar-refractivity contribution in [2.75, 3.05) is 23.3 Å². The smallest absolute Gasteiger partial charge is 0.253 e. The Bertz CT molecular complexity index is 824. The number of anilines is 2. The highest BCUT2D eigenvalue weighted by Gasteiger charge is 2.46. The summed E-state index contributed by atoms with van der Waals surface area (Å²) in [6, 6.07) is 12.1. The predicted molar refractivity (Wildman–Crippen MR) is 105 cm³/mol. The van der Waals surface area contributed by atoms with Crippen molar-refractivity contribution in [1.29, 1.82) is 0 Å². The Balaban J connectivity index is 0.00000196. The molecule has 7 heteroatoms. The molecule has 0 aliphatic carbocycles. The van der Waals surface area contributed by atoms with E-state index in [0.717, 1.165) is 24.5 Å². The molecule has 138 valence electrons. The van der Waals surface area contributed by atoms with Gasteiger partial charge in [-0.15, -0.1) is 12.4 Å². The van der Waals surface area contributed by atoms with Crippen LogP contribution >= 0.6 is 24.0 Å². The Kier molecular flexibility index (Phi) is 5.42. The van der Waals surface area contributed by atoms with E-state index in [0.29, 0.717) is 23.4 Å². The molecule has 1 amide bonds. The molecule has 0 radical (unpaired) electrons. The second-order valence-corrected chi connectivity index (χ2v) is 7.04. The molecule has 2 aliphatic rings. The Morgan fingerprint density at radius 2 is 1.88 bits per heavy atom. The molecule has 0 aromatic heterocycles. The Morgan fingerprint density at radius 3 is 2.65 bits per heavy atom. The van der Waals surface area contributed by atoms with Gasteiger partial charge in [-0.1, -0.05) is 23.7 Å². The van der Waals surface area contributed by atoms with Gasteiger partial charge in [0, 0.05) is 10.6 Å². The summed E-state index contributed by atoms with van der Waals surface area (Å²) in [6.45, 7) is 1.72. The first kappa shape index (κ1) is 19.0. The third-order valence-corrected chi connectivity index (χ3v) is 5.25. The van der Waals surface area contributed by atoms with Crippen LogP contribution in [0.1, 0.15) is 18.4 Å². The van der Waals surface area contributed by atoms with Crippen LogP contribution in [0.2, 0.25) is 5.02 Å². The SMILES string of the molecule is Cl.O=C1N(Cc2cc(Cl)ccc2F)c2ccccc2NC12CCNCC2. The van der Waals surface area contributed by atoms with E-state index in [9.17, 15) is 9.18 Å². The van der Waals surface area contributed by atoms with E-state index in [4.69, 9.17) is 11.6 Å². The van der Waals surface area contributed by atoms with E-state index in [1.54, 1.807) is 11.0 Å². The second-order valence-electron chi connectivity index (χ2n) is 6.60. The van der Waals surface area contributed by atoms with Gasteiger partial charge in [-0.2, -0.15) is 0 Å². The highest BCUT2D eigenvalue weighted by atomic mass is 35.5. The normalized spacial score (nSPS) is 18.1. The lowest BCUT2D eigenvalue weighted by Crippen LogP contribution is -2.61. The van der Waals surface area contributed by atoms with Gasteiger partial charge in [0.25, 0.3) is 5.91 Å². The molecule has 26 heavy (non-hydrogen) atoms. The molecule has 2 aliphatic heterocycles. The molecule has 1 spiro atoms. The summed E-state index contributed by atoms with van der Waals surface area (Å²) < 4.78 is 14.2. The number of piperidine rings is 1. The molecular formula is C19H20Cl2FN3O. The third-order valence-electron chi connectivity index (χ3n) is 5.02. The summed E-state index contributed by atoms with van der Waals surface area (Å²) >= 11 is 6.02. The average molecular weight is 396 g/mol. The Morgan fingerprint density at radius 1 is 1.15 bits per heavy atom. The van der Waals surface area contributed by atoms with Crippen LogP contribution in [0.25, 0.3) is 0 Å². The molecular weight excluding hydrogens is 376 g/mol. The molecule has 4 nitrogen and oxygen atoms in total. The summed E-state index contributed by atoms with van der Waals surface area (Å²) in [6.07, 6.45) is 1.41. The number of para-hydroxylation sites is 2. The molecule has 0 saturated carbocycles. The highest BCUT2D eigenvalue weighted by Crippen LogP contribution is 2.39. The van der Waals surface area contributed by atoms with Gasteiger partial charge in [-0.3, -0.25) is 4.79 Å². The summed E-state index contributed by atoms with van der Waals surface area (Å²) in [5, 5.41) is 7.21. The number of hydrogen-bond donors (Lipinski definition) is 2. The average Bonchev–Trinajstić information content (AvgIpc) is 2.62. The highest BCUT2D eigenvalue weighted by molar-refractivity contribution is 6.30. The summed E-state index contributed by atoms with van der Waals surface area (Å²) in [7, 11) is 0. The zero-order valence-electron chi connectivity index (χ0n) is 14.1. The zero-order chi connectivity index (χ0) is 17.4. The second kappa shape index (κ2) is 7.43. The fourth-order valence-corrected chi connectivity index (χ4v) is 3.87. The van der Waals surface area contributed by atoms with Gasteiger partial charge in [0.2, 0.25) is 0 Å². The van der Waals surface area contributed by atoms with Crippen molar-refractivity contribution < 1.29 is 9.18 Å². The number of fused-ring (bicyclic) bond motifs is 1. The van der Waals surface area contributed by atoms with E-state index < -0.39 is 5.54 Å². The van der Waals surface area contributed by atoms with Crippen LogP contribution in [0.3, 0.4) is 0 Å². The monoisotopic (exact) mass is 395 g/mol. The van der Waals surface area contributed by atoms with Crippen LogP contribution in [0.5, 0.6) is 0 Å².